The Morgan fingerprint density at radius 1 is 1.10 bits per heavy atom. The SMILES string of the molecule is CCc1ccc(CN(C)c2cc(C(N)=O)ccc2N)cc1. The second-order valence-corrected chi connectivity index (χ2v) is 5.16. The Bertz CT molecular complexity index is 635. The number of nitrogens with zero attached hydrogens (tertiary/aromatic N) is 1. The maximum atomic E-state index is 11.3. The summed E-state index contributed by atoms with van der Waals surface area (Å²) in [4.78, 5) is 13.3. The fraction of sp³-hybridized carbons (Fsp3) is 0.235. The lowest BCUT2D eigenvalue weighted by Crippen LogP contribution is -2.19. The number of hydrogen-bond donors (Lipinski definition) is 2. The Kier molecular flexibility index (Phi) is 4.48. The van der Waals surface area contributed by atoms with Crippen LogP contribution in [0.4, 0.5) is 11.4 Å². The highest BCUT2D eigenvalue weighted by molar-refractivity contribution is 5.95. The molecular formula is C17H21N3O. The monoisotopic (exact) mass is 283 g/mol. The minimum atomic E-state index is -0.447. The molecule has 2 aromatic carbocycles. The number of hydrogen-bond acceptors (Lipinski definition) is 3. The van der Waals surface area contributed by atoms with E-state index in [9.17, 15) is 4.79 Å². The largest absolute Gasteiger partial charge is 0.397 e. The number of primary amides is 1. The number of carbonyl (C=O) groups excluding carboxylic acids is 1. The smallest absolute Gasteiger partial charge is 0.248 e. The van der Waals surface area contributed by atoms with E-state index in [0.717, 1.165) is 18.7 Å². The molecule has 0 aromatic heterocycles. The molecule has 0 atom stereocenters. The van der Waals surface area contributed by atoms with Crippen LogP contribution >= 0.6 is 0 Å². The van der Waals surface area contributed by atoms with E-state index in [4.69, 9.17) is 11.5 Å². The fourth-order valence-corrected chi connectivity index (χ4v) is 2.27. The average molecular weight is 283 g/mol. The second-order valence-electron chi connectivity index (χ2n) is 5.16. The van der Waals surface area contributed by atoms with Crippen molar-refractivity contribution in [1.29, 1.82) is 0 Å². The molecule has 21 heavy (non-hydrogen) atoms. The third-order valence-corrected chi connectivity index (χ3v) is 3.58. The van der Waals surface area contributed by atoms with Gasteiger partial charge >= 0.3 is 0 Å². The van der Waals surface area contributed by atoms with Crippen LogP contribution in [0, 0.1) is 0 Å². The van der Waals surface area contributed by atoms with Crippen LogP contribution in [-0.4, -0.2) is 13.0 Å². The molecule has 0 fully saturated rings. The molecule has 0 aliphatic carbocycles. The molecule has 1 amide bonds. The van der Waals surface area contributed by atoms with Gasteiger partial charge < -0.3 is 16.4 Å². The zero-order chi connectivity index (χ0) is 15.4. The van der Waals surface area contributed by atoms with Gasteiger partial charge in [0.15, 0.2) is 0 Å². The van der Waals surface area contributed by atoms with E-state index in [1.807, 2.05) is 11.9 Å². The first-order valence-corrected chi connectivity index (χ1v) is 6.99. The van der Waals surface area contributed by atoms with Gasteiger partial charge in [-0.3, -0.25) is 4.79 Å². The first kappa shape index (κ1) is 14.9. The Morgan fingerprint density at radius 3 is 2.29 bits per heavy atom. The van der Waals surface area contributed by atoms with Crippen LogP contribution in [0.15, 0.2) is 42.5 Å². The maximum absolute atomic E-state index is 11.3. The highest BCUT2D eigenvalue weighted by Gasteiger charge is 2.09. The Hall–Kier alpha value is -2.49. The highest BCUT2D eigenvalue weighted by atomic mass is 16.1. The zero-order valence-corrected chi connectivity index (χ0v) is 12.5. The van der Waals surface area contributed by atoms with E-state index in [1.165, 1.54) is 11.1 Å². The van der Waals surface area contributed by atoms with E-state index in [2.05, 4.69) is 31.2 Å². The van der Waals surface area contributed by atoms with Crippen molar-refractivity contribution in [2.75, 3.05) is 17.7 Å². The minimum Gasteiger partial charge on any atom is -0.397 e. The van der Waals surface area contributed by atoms with Gasteiger partial charge in [-0.2, -0.15) is 0 Å². The number of aryl methyl sites for hydroxylation is 1. The van der Waals surface area contributed by atoms with Crippen molar-refractivity contribution in [2.24, 2.45) is 5.73 Å². The maximum Gasteiger partial charge on any atom is 0.248 e. The molecule has 0 unspecified atom stereocenters. The summed E-state index contributed by atoms with van der Waals surface area (Å²) in [5.74, 6) is -0.447. The van der Waals surface area contributed by atoms with Gasteiger partial charge in [0.1, 0.15) is 0 Å². The third kappa shape index (κ3) is 3.54. The summed E-state index contributed by atoms with van der Waals surface area (Å²) >= 11 is 0. The topological polar surface area (TPSA) is 72.3 Å². The number of anilines is 2. The van der Waals surface area contributed by atoms with Crippen molar-refractivity contribution in [3.8, 4) is 0 Å². The lowest BCUT2D eigenvalue weighted by Gasteiger charge is -2.22. The standard InChI is InChI=1S/C17H21N3O/c1-3-12-4-6-13(7-5-12)11-20(2)16-10-14(17(19)21)8-9-15(16)18/h4-10H,3,11,18H2,1-2H3,(H2,19,21). The fourth-order valence-electron chi connectivity index (χ4n) is 2.27. The molecule has 2 aromatic rings. The van der Waals surface area contributed by atoms with Crippen LogP contribution in [0.25, 0.3) is 0 Å². The molecule has 0 spiro atoms. The molecule has 0 aliphatic heterocycles. The first-order valence-electron chi connectivity index (χ1n) is 6.99. The Balaban J connectivity index is 2.20. The van der Waals surface area contributed by atoms with Crippen LogP contribution < -0.4 is 16.4 Å². The van der Waals surface area contributed by atoms with Crippen molar-refractivity contribution in [3.63, 3.8) is 0 Å². The van der Waals surface area contributed by atoms with Crippen molar-refractivity contribution in [2.45, 2.75) is 19.9 Å². The summed E-state index contributed by atoms with van der Waals surface area (Å²) < 4.78 is 0. The molecular weight excluding hydrogens is 262 g/mol. The normalized spacial score (nSPS) is 10.4. The van der Waals surface area contributed by atoms with Crippen LogP contribution in [0.5, 0.6) is 0 Å². The van der Waals surface area contributed by atoms with Crippen LogP contribution in [0.3, 0.4) is 0 Å². The Morgan fingerprint density at radius 2 is 1.71 bits per heavy atom. The van der Waals surface area contributed by atoms with E-state index in [1.54, 1.807) is 18.2 Å². The zero-order valence-electron chi connectivity index (χ0n) is 12.5. The van der Waals surface area contributed by atoms with Crippen molar-refractivity contribution in [3.05, 3.63) is 59.2 Å². The molecule has 0 radical (unpaired) electrons. The van der Waals surface area contributed by atoms with E-state index in [0.29, 0.717) is 11.3 Å². The summed E-state index contributed by atoms with van der Waals surface area (Å²) in [6.45, 7) is 2.85. The molecule has 4 nitrogen and oxygen atoms in total. The quantitative estimate of drug-likeness (QED) is 0.828. The molecule has 0 saturated carbocycles. The second kappa shape index (κ2) is 6.31. The molecule has 0 aliphatic rings. The molecule has 4 N–H and O–H groups in total. The van der Waals surface area contributed by atoms with Gasteiger partial charge in [-0.25, -0.2) is 0 Å². The summed E-state index contributed by atoms with van der Waals surface area (Å²) in [5.41, 5.74) is 15.7. The number of rotatable bonds is 5. The average Bonchev–Trinajstić information content (AvgIpc) is 2.48. The molecule has 0 saturated heterocycles. The minimum absolute atomic E-state index is 0.447. The van der Waals surface area contributed by atoms with E-state index in [-0.39, 0.29) is 0 Å². The van der Waals surface area contributed by atoms with Crippen LogP contribution in [0.1, 0.15) is 28.4 Å². The van der Waals surface area contributed by atoms with Gasteiger partial charge in [-0.05, 0) is 35.7 Å². The van der Waals surface area contributed by atoms with E-state index < -0.39 is 5.91 Å². The van der Waals surface area contributed by atoms with Gasteiger partial charge in [0.25, 0.3) is 0 Å². The van der Waals surface area contributed by atoms with Gasteiger partial charge in [0, 0.05) is 19.2 Å². The summed E-state index contributed by atoms with van der Waals surface area (Å²) in [6, 6.07) is 13.6. The van der Waals surface area contributed by atoms with Crippen LogP contribution in [-0.2, 0) is 13.0 Å². The lowest BCUT2D eigenvalue weighted by molar-refractivity contribution is 0.100. The predicted molar refractivity (Wildman–Crippen MR) is 87.3 cm³/mol. The number of benzene rings is 2. The Labute approximate surface area is 125 Å². The third-order valence-electron chi connectivity index (χ3n) is 3.58. The predicted octanol–water partition coefficient (Wildman–Crippen LogP) is 2.57. The molecule has 0 bridgehead atoms. The van der Waals surface area contributed by atoms with Crippen LogP contribution in [0.2, 0.25) is 0 Å². The number of carbonyl (C=O) groups is 1. The van der Waals surface area contributed by atoms with Crippen molar-refractivity contribution < 1.29 is 4.79 Å². The first-order chi connectivity index (χ1) is 10.0. The summed E-state index contributed by atoms with van der Waals surface area (Å²) in [6.07, 6.45) is 1.03. The summed E-state index contributed by atoms with van der Waals surface area (Å²) in [5, 5.41) is 0. The molecule has 2 rings (SSSR count). The number of nitrogen functional groups attached to an aromatic ring is 1. The summed E-state index contributed by atoms with van der Waals surface area (Å²) in [7, 11) is 1.95. The molecule has 4 heteroatoms. The lowest BCUT2D eigenvalue weighted by atomic mass is 10.1. The van der Waals surface area contributed by atoms with Crippen molar-refractivity contribution >= 4 is 17.3 Å². The molecule has 110 valence electrons. The van der Waals surface area contributed by atoms with Gasteiger partial charge in [0.2, 0.25) is 5.91 Å². The van der Waals surface area contributed by atoms with Gasteiger partial charge in [0.05, 0.1) is 11.4 Å². The van der Waals surface area contributed by atoms with Crippen molar-refractivity contribution in [1.82, 2.24) is 0 Å². The number of nitrogens with two attached hydrogens (primary N) is 2. The highest BCUT2D eigenvalue weighted by Crippen LogP contribution is 2.25. The number of amides is 1. The van der Waals surface area contributed by atoms with E-state index >= 15 is 0 Å². The van der Waals surface area contributed by atoms with Gasteiger partial charge in [-0.15, -0.1) is 0 Å². The van der Waals surface area contributed by atoms with Gasteiger partial charge in [-0.1, -0.05) is 31.2 Å². The molecule has 0 heterocycles.